The highest BCUT2D eigenvalue weighted by atomic mass is 32.1. The van der Waals surface area contributed by atoms with Crippen LogP contribution in [0.1, 0.15) is 38.8 Å². The van der Waals surface area contributed by atoms with Crippen LogP contribution in [0.25, 0.3) is 4.96 Å². The van der Waals surface area contributed by atoms with Crippen LogP contribution >= 0.6 is 11.3 Å². The molecule has 0 saturated carbocycles. The summed E-state index contributed by atoms with van der Waals surface area (Å²) in [6.45, 7) is 6.72. The maximum Gasteiger partial charge on any atom is 0.195 e. The lowest BCUT2D eigenvalue weighted by Gasteiger charge is -2.19. The molecule has 1 aliphatic rings. The quantitative estimate of drug-likeness (QED) is 0.921. The van der Waals surface area contributed by atoms with Gasteiger partial charge in [0.2, 0.25) is 0 Å². The number of nitrogens with two attached hydrogens (primary N) is 1. The van der Waals surface area contributed by atoms with Crippen LogP contribution in [-0.2, 0) is 6.42 Å². The number of rotatable bonds is 5. The van der Waals surface area contributed by atoms with E-state index in [0.29, 0.717) is 0 Å². The number of thiazole rings is 1. The van der Waals surface area contributed by atoms with Gasteiger partial charge in [-0.25, -0.2) is 4.98 Å². The lowest BCUT2D eigenvalue weighted by Crippen LogP contribution is -2.26. The molecule has 1 aliphatic heterocycles. The fraction of sp³-hybridized carbons (Fsp3) is 0.667. The van der Waals surface area contributed by atoms with Gasteiger partial charge in [0.05, 0.1) is 5.69 Å². The molecule has 2 aromatic heterocycles. The van der Waals surface area contributed by atoms with Crippen molar-refractivity contribution in [3.05, 3.63) is 17.3 Å². The van der Waals surface area contributed by atoms with Crippen LogP contribution in [0, 0.1) is 5.92 Å². The molecule has 1 fully saturated rings. The van der Waals surface area contributed by atoms with E-state index in [1.165, 1.54) is 24.4 Å². The fourth-order valence-electron chi connectivity index (χ4n) is 3.01. The molecule has 0 spiro atoms. The van der Waals surface area contributed by atoms with E-state index in [1.54, 1.807) is 11.3 Å². The smallest absolute Gasteiger partial charge is 0.195 e. The largest absolute Gasteiger partial charge is 0.355 e. The summed E-state index contributed by atoms with van der Waals surface area (Å²) in [5, 5.41) is 2.10. The Balaban J connectivity index is 1.93. The molecule has 3 rings (SSSR count). The third-order valence-corrected chi connectivity index (χ3v) is 5.24. The first-order valence-electron chi connectivity index (χ1n) is 7.67. The first-order chi connectivity index (χ1) is 9.72. The van der Waals surface area contributed by atoms with Crippen molar-refractivity contribution in [3.8, 4) is 0 Å². The van der Waals surface area contributed by atoms with Crippen LogP contribution in [0.2, 0.25) is 0 Å². The van der Waals surface area contributed by atoms with Gasteiger partial charge in [0, 0.05) is 37.1 Å². The van der Waals surface area contributed by atoms with E-state index in [4.69, 9.17) is 10.7 Å². The Hall–Kier alpha value is -1.07. The molecule has 0 amide bonds. The second-order valence-corrected chi connectivity index (χ2v) is 6.69. The zero-order valence-electron chi connectivity index (χ0n) is 12.4. The maximum atomic E-state index is 6.19. The predicted octanol–water partition coefficient (Wildman–Crippen LogP) is 2.91. The standard InChI is InChI=1S/C15H24N4S/c1-3-11-5-6-18(10-11)14-13(9-12(16)4-2)19-7-8-20-15(19)17-14/h7-8,11-12H,3-6,9-10,16H2,1-2H3. The second kappa shape index (κ2) is 5.74. The van der Waals surface area contributed by atoms with Crippen molar-refractivity contribution in [3.63, 3.8) is 0 Å². The van der Waals surface area contributed by atoms with Gasteiger partial charge in [0.25, 0.3) is 0 Å². The van der Waals surface area contributed by atoms with Crippen molar-refractivity contribution in [1.29, 1.82) is 0 Å². The number of aromatic nitrogens is 2. The van der Waals surface area contributed by atoms with Crippen molar-refractivity contribution in [1.82, 2.24) is 9.38 Å². The summed E-state index contributed by atoms with van der Waals surface area (Å²) < 4.78 is 2.23. The Morgan fingerprint density at radius 1 is 1.50 bits per heavy atom. The molecule has 0 aromatic carbocycles. The highest BCUT2D eigenvalue weighted by molar-refractivity contribution is 7.15. The molecule has 0 bridgehead atoms. The number of anilines is 1. The third-order valence-electron chi connectivity index (χ3n) is 4.48. The van der Waals surface area contributed by atoms with Gasteiger partial charge in [0.1, 0.15) is 0 Å². The molecule has 2 atom stereocenters. The van der Waals surface area contributed by atoms with E-state index in [-0.39, 0.29) is 6.04 Å². The number of hydrogen-bond acceptors (Lipinski definition) is 4. The minimum absolute atomic E-state index is 0.220. The Labute approximate surface area is 124 Å². The van der Waals surface area contributed by atoms with E-state index < -0.39 is 0 Å². The average molecular weight is 292 g/mol. The van der Waals surface area contributed by atoms with Gasteiger partial charge in [-0.3, -0.25) is 4.40 Å². The Kier molecular flexibility index (Phi) is 3.98. The SMILES string of the molecule is CCC(N)Cc1c(N2CCC(CC)C2)nc2sccn12. The van der Waals surface area contributed by atoms with Crippen LogP contribution in [0.15, 0.2) is 11.6 Å². The Morgan fingerprint density at radius 2 is 2.35 bits per heavy atom. The van der Waals surface area contributed by atoms with E-state index in [0.717, 1.165) is 36.8 Å². The highest BCUT2D eigenvalue weighted by Gasteiger charge is 2.26. The van der Waals surface area contributed by atoms with Crippen LogP contribution in [-0.4, -0.2) is 28.5 Å². The van der Waals surface area contributed by atoms with Gasteiger partial charge < -0.3 is 10.6 Å². The molecule has 3 heterocycles. The monoisotopic (exact) mass is 292 g/mol. The van der Waals surface area contributed by atoms with Crippen molar-refractivity contribution in [2.24, 2.45) is 11.7 Å². The molecule has 110 valence electrons. The Bertz CT molecular complexity index is 573. The molecule has 1 saturated heterocycles. The number of hydrogen-bond donors (Lipinski definition) is 1. The molecule has 2 unspecified atom stereocenters. The summed E-state index contributed by atoms with van der Waals surface area (Å²) in [4.78, 5) is 8.42. The van der Waals surface area contributed by atoms with E-state index in [9.17, 15) is 0 Å². The summed E-state index contributed by atoms with van der Waals surface area (Å²) in [7, 11) is 0. The minimum atomic E-state index is 0.220. The van der Waals surface area contributed by atoms with Crippen molar-refractivity contribution in [2.45, 2.75) is 45.6 Å². The molecule has 0 radical (unpaired) electrons. The van der Waals surface area contributed by atoms with E-state index >= 15 is 0 Å². The number of fused-ring (bicyclic) bond motifs is 1. The van der Waals surface area contributed by atoms with Gasteiger partial charge in [-0.05, 0) is 18.8 Å². The summed E-state index contributed by atoms with van der Waals surface area (Å²) in [5.74, 6) is 2.00. The topological polar surface area (TPSA) is 46.6 Å². The zero-order chi connectivity index (χ0) is 14.1. The molecule has 2 N–H and O–H groups in total. The van der Waals surface area contributed by atoms with Gasteiger partial charge >= 0.3 is 0 Å². The molecule has 4 nitrogen and oxygen atoms in total. The second-order valence-electron chi connectivity index (χ2n) is 5.82. The molecule has 0 aliphatic carbocycles. The van der Waals surface area contributed by atoms with Crippen molar-refractivity contribution < 1.29 is 0 Å². The first-order valence-corrected chi connectivity index (χ1v) is 8.55. The van der Waals surface area contributed by atoms with Crippen LogP contribution < -0.4 is 10.6 Å². The van der Waals surface area contributed by atoms with Gasteiger partial charge in [-0.15, -0.1) is 11.3 Å². The molecular weight excluding hydrogens is 268 g/mol. The van der Waals surface area contributed by atoms with Gasteiger partial charge in [-0.2, -0.15) is 0 Å². The maximum absolute atomic E-state index is 6.19. The average Bonchev–Trinajstić information content (AvgIpc) is 3.14. The van der Waals surface area contributed by atoms with Crippen molar-refractivity contribution in [2.75, 3.05) is 18.0 Å². The molecular formula is C15H24N4S. The summed E-state index contributed by atoms with van der Waals surface area (Å²) in [6.07, 6.45) is 6.61. The van der Waals surface area contributed by atoms with Gasteiger partial charge in [-0.1, -0.05) is 20.3 Å². The Morgan fingerprint density at radius 3 is 3.05 bits per heavy atom. The molecule has 5 heteroatoms. The summed E-state index contributed by atoms with van der Waals surface area (Å²) >= 11 is 1.71. The van der Waals surface area contributed by atoms with Crippen LogP contribution in [0.3, 0.4) is 0 Å². The van der Waals surface area contributed by atoms with E-state index in [1.807, 2.05) is 0 Å². The van der Waals surface area contributed by atoms with Gasteiger partial charge in [0.15, 0.2) is 10.8 Å². The predicted molar refractivity (Wildman–Crippen MR) is 85.7 cm³/mol. The summed E-state index contributed by atoms with van der Waals surface area (Å²) in [5.41, 5.74) is 7.49. The highest BCUT2D eigenvalue weighted by Crippen LogP contribution is 2.30. The lowest BCUT2D eigenvalue weighted by atomic mass is 10.1. The lowest BCUT2D eigenvalue weighted by molar-refractivity contribution is 0.568. The molecule has 20 heavy (non-hydrogen) atoms. The first kappa shape index (κ1) is 13.9. The fourth-order valence-corrected chi connectivity index (χ4v) is 3.74. The normalized spacial score (nSPS) is 20.9. The summed E-state index contributed by atoms with van der Waals surface area (Å²) in [6, 6.07) is 0.220. The number of imidazole rings is 1. The zero-order valence-corrected chi connectivity index (χ0v) is 13.2. The van der Waals surface area contributed by atoms with Crippen LogP contribution in [0.4, 0.5) is 5.82 Å². The number of nitrogens with zero attached hydrogens (tertiary/aromatic N) is 3. The van der Waals surface area contributed by atoms with Crippen molar-refractivity contribution >= 4 is 22.1 Å². The molecule has 2 aromatic rings. The third kappa shape index (κ3) is 2.44. The van der Waals surface area contributed by atoms with E-state index in [2.05, 4.69) is 34.7 Å². The minimum Gasteiger partial charge on any atom is -0.355 e. The van der Waals surface area contributed by atoms with Crippen LogP contribution in [0.5, 0.6) is 0 Å².